The molecule has 0 heterocycles. The predicted molar refractivity (Wildman–Crippen MR) is 114 cm³/mol. The summed E-state index contributed by atoms with van der Waals surface area (Å²) in [6, 6.07) is 14.1. The lowest BCUT2D eigenvalue weighted by molar-refractivity contribution is -0.129. The average molecular weight is 448 g/mol. The minimum Gasteiger partial charge on any atom is -0.370 e. The first-order valence-corrected chi connectivity index (χ1v) is 11.1. The molecule has 0 aliphatic carbocycles. The molecule has 2 amide bonds. The zero-order chi connectivity index (χ0) is 22.5. The summed E-state index contributed by atoms with van der Waals surface area (Å²) in [5.41, 5.74) is 5.43. The Labute approximate surface area is 180 Å². The Morgan fingerprint density at radius 2 is 1.60 bits per heavy atom. The van der Waals surface area contributed by atoms with Crippen molar-refractivity contribution in [1.29, 1.82) is 5.26 Å². The number of halogens is 1. The molecule has 0 aliphatic rings. The van der Waals surface area contributed by atoms with E-state index in [-0.39, 0.29) is 11.3 Å². The number of nitrogens with one attached hydrogen (secondary N) is 1. The topological polar surface area (TPSA) is 130 Å². The van der Waals surface area contributed by atoms with Crippen LogP contribution in [0.3, 0.4) is 0 Å². The molecule has 0 fully saturated rings. The van der Waals surface area contributed by atoms with Crippen LogP contribution in [0.1, 0.15) is 20.3 Å². The Morgan fingerprint density at radius 3 is 2.07 bits per heavy atom. The van der Waals surface area contributed by atoms with Crippen molar-refractivity contribution in [1.82, 2.24) is 5.32 Å². The number of nitriles is 1. The third kappa shape index (κ3) is 6.05. The van der Waals surface area contributed by atoms with Crippen LogP contribution in [-0.2, 0) is 19.4 Å². The third-order valence-corrected chi connectivity index (χ3v) is 6.77. The van der Waals surface area contributed by atoms with Crippen molar-refractivity contribution in [2.24, 2.45) is 11.1 Å². The van der Waals surface area contributed by atoms with E-state index in [9.17, 15) is 18.0 Å². The second kappa shape index (κ2) is 9.28. The first-order chi connectivity index (χ1) is 13.9. The number of primary amides is 1. The number of carbonyl (C=O) groups excluding carboxylic acids is 2. The summed E-state index contributed by atoms with van der Waals surface area (Å²) in [5.74, 6) is -1.87. The van der Waals surface area contributed by atoms with Gasteiger partial charge in [0.25, 0.3) is 0 Å². The first-order valence-electron chi connectivity index (χ1n) is 9.02. The second-order valence-electron chi connectivity index (χ2n) is 7.50. The van der Waals surface area contributed by atoms with Crippen molar-refractivity contribution < 1.29 is 18.0 Å². The number of benzene rings is 2. The maximum Gasteiger partial charge on any atom is 0.227 e. The zero-order valence-electron chi connectivity index (χ0n) is 16.6. The number of rotatable bonds is 8. The van der Waals surface area contributed by atoms with Gasteiger partial charge in [-0.2, -0.15) is 5.26 Å². The van der Waals surface area contributed by atoms with Crippen LogP contribution >= 0.6 is 11.6 Å². The van der Waals surface area contributed by atoms with E-state index in [1.165, 1.54) is 26.0 Å². The number of nitrogens with zero attached hydrogens (tertiary/aromatic N) is 1. The van der Waals surface area contributed by atoms with E-state index < -0.39 is 38.9 Å². The summed E-state index contributed by atoms with van der Waals surface area (Å²) in [5, 5.41) is 12.0. The Hall–Kier alpha value is -2.89. The Morgan fingerprint density at radius 1 is 1.10 bits per heavy atom. The van der Waals surface area contributed by atoms with Gasteiger partial charge >= 0.3 is 0 Å². The summed E-state index contributed by atoms with van der Waals surface area (Å²) in [6.45, 7) is 2.92. The summed E-state index contributed by atoms with van der Waals surface area (Å²) in [6.07, 6.45) is -0.350. The SMILES string of the molecule is CC(C)(CS(=O)(=O)c1ccc(-c2ccc(Cl)cc2)cc1)C(=O)N[C@H](C#N)CC(N)=O. The molecule has 1 atom stereocenters. The van der Waals surface area contributed by atoms with Crippen LogP contribution in [-0.4, -0.2) is 32.0 Å². The maximum atomic E-state index is 12.8. The molecule has 0 saturated heterocycles. The minimum absolute atomic E-state index is 0.0788. The molecule has 3 N–H and O–H groups in total. The van der Waals surface area contributed by atoms with Crippen LogP contribution in [0.5, 0.6) is 0 Å². The summed E-state index contributed by atoms with van der Waals surface area (Å²) < 4.78 is 25.7. The van der Waals surface area contributed by atoms with Crippen molar-refractivity contribution in [2.75, 3.05) is 5.75 Å². The van der Waals surface area contributed by atoms with Crippen LogP contribution in [0.15, 0.2) is 53.4 Å². The molecule has 2 aromatic carbocycles. The molecule has 0 spiro atoms. The number of hydrogen-bond donors (Lipinski definition) is 2. The van der Waals surface area contributed by atoms with E-state index in [1.807, 2.05) is 12.1 Å². The van der Waals surface area contributed by atoms with E-state index in [1.54, 1.807) is 30.3 Å². The van der Waals surface area contributed by atoms with Crippen molar-refractivity contribution in [3.8, 4) is 17.2 Å². The fraction of sp³-hybridized carbons (Fsp3) is 0.286. The molecule has 0 aromatic heterocycles. The lowest BCUT2D eigenvalue weighted by Crippen LogP contribution is -2.46. The number of carbonyl (C=O) groups is 2. The Kier molecular flexibility index (Phi) is 7.24. The lowest BCUT2D eigenvalue weighted by Gasteiger charge is -2.24. The van der Waals surface area contributed by atoms with Crippen LogP contribution in [0.25, 0.3) is 11.1 Å². The van der Waals surface area contributed by atoms with Crippen molar-refractivity contribution in [2.45, 2.75) is 31.2 Å². The van der Waals surface area contributed by atoms with Crippen LogP contribution in [0.4, 0.5) is 0 Å². The van der Waals surface area contributed by atoms with Gasteiger partial charge in [0.1, 0.15) is 6.04 Å². The molecule has 2 aromatic rings. The lowest BCUT2D eigenvalue weighted by atomic mass is 9.94. The standard InChI is InChI=1S/C21H22ClN3O4S/c1-21(2,20(27)25-17(12-23)11-19(24)26)13-30(28,29)18-9-5-15(6-10-18)14-3-7-16(22)8-4-14/h3-10,17H,11,13H2,1-2H3,(H2,24,26)(H,25,27)/t17-/m0/s1. The highest BCUT2D eigenvalue weighted by Gasteiger charge is 2.35. The van der Waals surface area contributed by atoms with E-state index in [0.29, 0.717) is 5.02 Å². The Balaban J connectivity index is 2.16. The predicted octanol–water partition coefficient (Wildman–Crippen LogP) is 2.69. The summed E-state index contributed by atoms with van der Waals surface area (Å²) in [4.78, 5) is 23.6. The normalized spacial score (nSPS) is 12.6. The molecular weight excluding hydrogens is 426 g/mol. The molecule has 7 nitrogen and oxygen atoms in total. The molecule has 2 rings (SSSR count). The largest absolute Gasteiger partial charge is 0.370 e. The molecule has 0 saturated carbocycles. The first kappa shape index (κ1) is 23.4. The number of nitrogens with two attached hydrogens (primary N) is 1. The van der Waals surface area contributed by atoms with Crippen molar-refractivity contribution in [3.05, 3.63) is 53.6 Å². The summed E-state index contributed by atoms with van der Waals surface area (Å²) >= 11 is 5.88. The van der Waals surface area contributed by atoms with Crippen molar-refractivity contribution >= 4 is 33.3 Å². The van der Waals surface area contributed by atoms with Crippen LogP contribution in [0, 0.1) is 16.7 Å². The Bertz CT molecular complexity index is 1070. The molecule has 9 heteroatoms. The van der Waals surface area contributed by atoms with E-state index in [4.69, 9.17) is 22.6 Å². The van der Waals surface area contributed by atoms with E-state index >= 15 is 0 Å². The van der Waals surface area contributed by atoms with Crippen molar-refractivity contribution in [3.63, 3.8) is 0 Å². The molecular formula is C21H22ClN3O4S. The maximum absolute atomic E-state index is 12.8. The number of hydrogen-bond acceptors (Lipinski definition) is 5. The smallest absolute Gasteiger partial charge is 0.227 e. The molecule has 0 radical (unpaired) electrons. The van der Waals surface area contributed by atoms with Gasteiger partial charge in [0.2, 0.25) is 11.8 Å². The number of sulfone groups is 1. The molecule has 30 heavy (non-hydrogen) atoms. The second-order valence-corrected chi connectivity index (χ2v) is 9.93. The van der Waals surface area contributed by atoms with E-state index in [2.05, 4.69) is 5.32 Å². The van der Waals surface area contributed by atoms with Gasteiger partial charge in [0.15, 0.2) is 9.84 Å². The number of amides is 2. The highest BCUT2D eigenvalue weighted by atomic mass is 35.5. The van der Waals surface area contributed by atoms with Gasteiger partial charge in [0, 0.05) is 5.02 Å². The van der Waals surface area contributed by atoms with Gasteiger partial charge in [-0.05, 0) is 35.4 Å². The summed E-state index contributed by atoms with van der Waals surface area (Å²) in [7, 11) is -3.79. The average Bonchev–Trinajstić information content (AvgIpc) is 2.67. The van der Waals surface area contributed by atoms with Gasteiger partial charge in [-0.1, -0.05) is 49.7 Å². The molecule has 0 bridgehead atoms. The van der Waals surface area contributed by atoms with Gasteiger partial charge in [0.05, 0.1) is 28.6 Å². The molecule has 0 aliphatic heterocycles. The minimum atomic E-state index is -3.79. The van der Waals surface area contributed by atoms with Crippen LogP contribution in [0.2, 0.25) is 5.02 Å². The fourth-order valence-electron chi connectivity index (χ4n) is 2.80. The highest BCUT2D eigenvalue weighted by Crippen LogP contribution is 2.27. The molecule has 158 valence electrons. The van der Waals surface area contributed by atoms with Gasteiger partial charge in [-0.3, -0.25) is 9.59 Å². The fourth-order valence-corrected chi connectivity index (χ4v) is 4.73. The quantitative estimate of drug-likeness (QED) is 0.642. The van der Waals surface area contributed by atoms with Gasteiger partial charge in [-0.15, -0.1) is 0 Å². The highest BCUT2D eigenvalue weighted by molar-refractivity contribution is 7.91. The molecule has 0 unspecified atom stereocenters. The van der Waals surface area contributed by atoms with Gasteiger partial charge < -0.3 is 11.1 Å². The van der Waals surface area contributed by atoms with Gasteiger partial charge in [-0.25, -0.2) is 8.42 Å². The van der Waals surface area contributed by atoms with E-state index in [0.717, 1.165) is 11.1 Å². The van der Waals surface area contributed by atoms with Crippen LogP contribution < -0.4 is 11.1 Å². The third-order valence-electron chi connectivity index (χ3n) is 4.42. The zero-order valence-corrected chi connectivity index (χ0v) is 18.1. The monoisotopic (exact) mass is 447 g/mol.